The highest BCUT2D eigenvalue weighted by atomic mass is 79.9. The molecule has 1 unspecified atom stereocenters. The molecule has 1 aromatic rings. The lowest BCUT2D eigenvalue weighted by Gasteiger charge is -2.62. The summed E-state index contributed by atoms with van der Waals surface area (Å²) < 4.78 is 26.1. The molecule has 0 aromatic heterocycles. The molecule has 28 heavy (non-hydrogen) atoms. The van der Waals surface area contributed by atoms with E-state index in [-0.39, 0.29) is 11.7 Å². The first-order valence-electron chi connectivity index (χ1n) is 10.2. The Labute approximate surface area is 173 Å². The molecule has 1 spiro atoms. The number of rotatable bonds is 2. The van der Waals surface area contributed by atoms with Gasteiger partial charge in [0.25, 0.3) is 0 Å². The maximum absolute atomic E-state index is 13.7. The Bertz CT molecular complexity index is 779. The highest BCUT2D eigenvalue weighted by molar-refractivity contribution is 9.10. The molecule has 2 bridgehead atoms. The second-order valence-corrected chi connectivity index (χ2v) is 10.9. The molecule has 0 amide bonds. The van der Waals surface area contributed by atoms with Gasteiger partial charge in [0.15, 0.2) is 11.9 Å². The average Bonchev–Trinajstić information content (AvgIpc) is 2.86. The first kappa shape index (κ1) is 19.2. The van der Waals surface area contributed by atoms with Crippen molar-refractivity contribution < 1.29 is 23.6 Å². The number of anilines is 1. The average molecular weight is 456 g/mol. The number of hydrogen-bond acceptors (Lipinski definition) is 5. The Morgan fingerprint density at radius 3 is 2.79 bits per heavy atom. The van der Waals surface area contributed by atoms with Crippen LogP contribution in [0.3, 0.4) is 0 Å². The van der Waals surface area contributed by atoms with Crippen molar-refractivity contribution in [2.45, 2.75) is 74.7 Å². The van der Waals surface area contributed by atoms with E-state index in [0.29, 0.717) is 17.5 Å². The Morgan fingerprint density at radius 1 is 1.18 bits per heavy atom. The number of benzene rings is 1. The smallest absolute Gasteiger partial charge is 0.201 e. The SMILES string of the molecule is C[C@@H]1CC[C@@H]2[C@]34OO[C@@](C)(CC[C@@H]13)O[C@H]4OC(Nc1cccc(F)c1)[C@@]2(C)Br. The summed E-state index contributed by atoms with van der Waals surface area (Å²) in [5.74, 6) is -0.164. The van der Waals surface area contributed by atoms with Crippen molar-refractivity contribution >= 4 is 21.6 Å². The van der Waals surface area contributed by atoms with Crippen LogP contribution < -0.4 is 5.32 Å². The van der Waals surface area contributed by atoms with E-state index < -0.39 is 28.2 Å². The summed E-state index contributed by atoms with van der Waals surface area (Å²) >= 11 is 3.96. The predicted molar refractivity (Wildman–Crippen MR) is 105 cm³/mol. The molecule has 6 rings (SSSR count). The molecule has 1 aromatic carbocycles. The van der Waals surface area contributed by atoms with Gasteiger partial charge in [0.2, 0.25) is 5.79 Å². The van der Waals surface area contributed by atoms with E-state index in [1.165, 1.54) is 12.1 Å². The second kappa shape index (κ2) is 6.38. The summed E-state index contributed by atoms with van der Waals surface area (Å²) in [5, 5.41) is 3.36. The zero-order valence-corrected chi connectivity index (χ0v) is 18.0. The summed E-state index contributed by atoms with van der Waals surface area (Å²) in [7, 11) is 0. The van der Waals surface area contributed by atoms with Crippen LogP contribution in [-0.2, 0) is 19.2 Å². The summed E-state index contributed by atoms with van der Waals surface area (Å²) in [5.41, 5.74) is 0.0287. The standard InChI is InChI=1S/C21H27BrFNO4/c1-12-7-8-16-20(3,22)17(24-14-6-4-5-13(23)11-14)25-18-21(16)15(12)9-10-19(2,26-18)27-28-21/h4-6,11-12,15-18,24H,7-10H2,1-3H3/t12-,15+,16+,17?,18-,19+,20+,21-/m1/s1. The summed E-state index contributed by atoms with van der Waals surface area (Å²) in [4.78, 5) is 12.0. The van der Waals surface area contributed by atoms with Gasteiger partial charge in [0.1, 0.15) is 12.0 Å². The molecule has 5 aliphatic rings. The van der Waals surface area contributed by atoms with Gasteiger partial charge < -0.3 is 14.8 Å². The molecule has 4 aliphatic heterocycles. The molecular weight excluding hydrogens is 429 g/mol. The summed E-state index contributed by atoms with van der Waals surface area (Å²) in [6.07, 6.45) is 2.91. The lowest BCUT2D eigenvalue weighted by atomic mass is 9.58. The second-order valence-electron chi connectivity index (χ2n) is 9.18. The number of fused-ring (bicyclic) bond motifs is 2. The molecule has 5 nitrogen and oxygen atoms in total. The number of halogens is 2. The molecule has 1 aliphatic carbocycles. The van der Waals surface area contributed by atoms with E-state index in [9.17, 15) is 4.39 Å². The van der Waals surface area contributed by atoms with Crippen molar-refractivity contribution in [2.75, 3.05) is 5.32 Å². The van der Waals surface area contributed by atoms with Crippen molar-refractivity contribution in [1.82, 2.24) is 0 Å². The topological polar surface area (TPSA) is 49.0 Å². The molecule has 1 saturated carbocycles. The van der Waals surface area contributed by atoms with Crippen LogP contribution in [0.15, 0.2) is 24.3 Å². The van der Waals surface area contributed by atoms with Crippen LogP contribution in [0, 0.1) is 23.6 Å². The van der Waals surface area contributed by atoms with Gasteiger partial charge in [-0.2, -0.15) is 0 Å². The first-order chi connectivity index (χ1) is 13.2. The highest BCUT2D eigenvalue weighted by Gasteiger charge is 2.72. The first-order valence-corrected chi connectivity index (χ1v) is 10.9. The van der Waals surface area contributed by atoms with Gasteiger partial charge in [0, 0.05) is 18.0 Å². The van der Waals surface area contributed by atoms with Crippen molar-refractivity contribution in [3.05, 3.63) is 30.1 Å². The number of alkyl halides is 1. The molecule has 0 radical (unpaired) electrons. The highest BCUT2D eigenvalue weighted by Crippen LogP contribution is 2.63. The van der Waals surface area contributed by atoms with E-state index in [4.69, 9.17) is 19.2 Å². The molecule has 7 heteroatoms. The lowest BCUT2D eigenvalue weighted by Crippen LogP contribution is -2.74. The maximum atomic E-state index is 13.7. The van der Waals surface area contributed by atoms with E-state index in [0.717, 1.165) is 25.7 Å². The Morgan fingerprint density at radius 2 is 2.00 bits per heavy atom. The summed E-state index contributed by atoms with van der Waals surface area (Å²) in [6, 6.07) is 6.44. The minimum atomic E-state index is -0.805. The third-order valence-corrected chi connectivity index (χ3v) is 8.26. The fraction of sp³-hybridized carbons (Fsp3) is 0.714. The van der Waals surface area contributed by atoms with Crippen LogP contribution >= 0.6 is 15.9 Å². The van der Waals surface area contributed by atoms with Gasteiger partial charge in [-0.15, -0.1) is 0 Å². The lowest BCUT2D eigenvalue weighted by molar-refractivity contribution is -0.568. The van der Waals surface area contributed by atoms with E-state index in [2.05, 4.69) is 35.1 Å². The van der Waals surface area contributed by atoms with Gasteiger partial charge >= 0.3 is 0 Å². The molecule has 154 valence electrons. The quantitative estimate of drug-likeness (QED) is 0.504. The van der Waals surface area contributed by atoms with Crippen molar-refractivity contribution in [3.8, 4) is 0 Å². The van der Waals surface area contributed by atoms with Gasteiger partial charge in [-0.3, -0.25) is 0 Å². The zero-order chi connectivity index (χ0) is 19.7. The van der Waals surface area contributed by atoms with Gasteiger partial charge in [0.05, 0.1) is 4.32 Å². The molecular formula is C21H27BrFNO4. The zero-order valence-electron chi connectivity index (χ0n) is 16.4. The minimum Gasteiger partial charge on any atom is -0.359 e. The predicted octanol–water partition coefficient (Wildman–Crippen LogP) is 4.96. The Kier molecular flexibility index (Phi) is 4.39. The number of ether oxygens (including phenoxy) is 2. The molecule has 5 fully saturated rings. The van der Waals surface area contributed by atoms with Crippen LogP contribution in [0.25, 0.3) is 0 Å². The van der Waals surface area contributed by atoms with Gasteiger partial charge in [-0.05, 0) is 63.1 Å². The Hall–Kier alpha value is -0.730. The normalized spacial score (nSPS) is 50.0. The van der Waals surface area contributed by atoms with Gasteiger partial charge in [-0.1, -0.05) is 28.9 Å². The van der Waals surface area contributed by atoms with Crippen molar-refractivity contribution in [2.24, 2.45) is 17.8 Å². The fourth-order valence-corrected chi connectivity index (χ4v) is 6.60. The van der Waals surface area contributed by atoms with E-state index >= 15 is 0 Å². The number of hydrogen-bond donors (Lipinski definition) is 1. The monoisotopic (exact) mass is 455 g/mol. The largest absolute Gasteiger partial charge is 0.359 e. The third kappa shape index (κ3) is 2.70. The van der Waals surface area contributed by atoms with E-state index in [1.54, 1.807) is 6.07 Å². The van der Waals surface area contributed by atoms with Crippen molar-refractivity contribution in [3.63, 3.8) is 0 Å². The maximum Gasteiger partial charge on any atom is 0.201 e. The molecule has 4 saturated heterocycles. The number of nitrogens with one attached hydrogen (secondary N) is 1. The van der Waals surface area contributed by atoms with Gasteiger partial charge in [-0.25, -0.2) is 14.2 Å². The van der Waals surface area contributed by atoms with Crippen LogP contribution in [-0.4, -0.2) is 28.2 Å². The minimum absolute atomic E-state index is 0.119. The molecule has 4 heterocycles. The molecule has 1 N–H and O–H groups in total. The van der Waals surface area contributed by atoms with Crippen LogP contribution in [0.4, 0.5) is 10.1 Å². The van der Waals surface area contributed by atoms with Crippen molar-refractivity contribution in [1.29, 1.82) is 0 Å². The summed E-state index contributed by atoms with van der Waals surface area (Å²) in [6.45, 7) is 6.32. The van der Waals surface area contributed by atoms with Crippen LogP contribution in [0.5, 0.6) is 0 Å². The van der Waals surface area contributed by atoms with Crippen LogP contribution in [0.1, 0.15) is 46.5 Å². The third-order valence-electron chi connectivity index (χ3n) is 7.29. The molecule has 8 atom stereocenters. The fourth-order valence-electron chi connectivity index (χ4n) is 5.79. The van der Waals surface area contributed by atoms with Crippen LogP contribution in [0.2, 0.25) is 0 Å². The van der Waals surface area contributed by atoms with E-state index in [1.807, 2.05) is 13.0 Å². The Balaban J connectivity index is 1.54.